The van der Waals surface area contributed by atoms with Crippen LogP contribution in [0, 0.1) is 0 Å². The van der Waals surface area contributed by atoms with E-state index in [0.717, 1.165) is 6.42 Å². The maximum absolute atomic E-state index is 9.04. The molecule has 3 rings (SSSR count). The van der Waals surface area contributed by atoms with Crippen molar-refractivity contribution in [1.82, 2.24) is 19.5 Å². The molecule has 0 bridgehead atoms. The van der Waals surface area contributed by atoms with Gasteiger partial charge in [-0.1, -0.05) is 0 Å². The molecule has 0 spiro atoms. The topological polar surface area (TPSA) is 99.1 Å². The van der Waals surface area contributed by atoms with Crippen molar-refractivity contribution in [3.63, 3.8) is 0 Å². The van der Waals surface area contributed by atoms with E-state index in [4.69, 9.17) is 15.6 Å². The minimum atomic E-state index is -0.100. The maximum atomic E-state index is 9.04. The fraction of sp³-hybridized carbons (Fsp3) is 0.500. The molecule has 7 heteroatoms. The van der Waals surface area contributed by atoms with Crippen molar-refractivity contribution in [2.75, 3.05) is 18.9 Å². The molecule has 0 aliphatic carbocycles. The summed E-state index contributed by atoms with van der Waals surface area (Å²) in [5.74, 6) is 0.381. The van der Waals surface area contributed by atoms with Crippen molar-refractivity contribution in [3.8, 4) is 0 Å². The third-order valence-corrected chi connectivity index (χ3v) is 3.04. The van der Waals surface area contributed by atoms with Gasteiger partial charge in [-0.2, -0.15) is 0 Å². The van der Waals surface area contributed by atoms with E-state index in [1.54, 1.807) is 6.33 Å². The van der Waals surface area contributed by atoms with Crippen LogP contribution < -0.4 is 5.73 Å². The molecule has 0 aromatic carbocycles. The number of nitrogen functional groups attached to an aromatic ring is 1. The number of rotatable bonds is 2. The molecule has 0 saturated carbocycles. The van der Waals surface area contributed by atoms with Gasteiger partial charge in [0.2, 0.25) is 0 Å². The van der Waals surface area contributed by atoms with Gasteiger partial charge in [0.1, 0.15) is 11.8 Å². The third kappa shape index (κ3) is 1.63. The van der Waals surface area contributed by atoms with E-state index in [0.29, 0.717) is 23.6 Å². The molecule has 1 aliphatic rings. The number of aromatic nitrogens is 4. The summed E-state index contributed by atoms with van der Waals surface area (Å²) in [6.45, 7) is 0.598. The first-order chi connectivity index (χ1) is 8.29. The highest BCUT2D eigenvalue weighted by Gasteiger charge is 2.27. The molecule has 2 aromatic heterocycles. The number of nitrogens with zero attached hydrogens (tertiary/aromatic N) is 4. The molecule has 1 aliphatic heterocycles. The molecule has 17 heavy (non-hydrogen) atoms. The second kappa shape index (κ2) is 3.94. The highest BCUT2D eigenvalue weighted by molar-refractivity contribution is 5.81. The lowest BCUT2D eigenvalue weighted by Crippen LogP contribution is -2.11. The average Bonchev–Trinajstić information content (AvgIpc) is 2.94. The number of anilines is 1. The zero-order valence-corrected chi connectivity index (χ0v) is 9.15. The van der Waals surface area contributed by atoms with Crippen molar-refractivity contribution in [1.29, 1.82) is 0 Å². The molecule has 1 fully saturated rings. The van der Waals surface area contributed by atoms with Crippen LogP contribution in [0.1, 0.15) is 12.5 Å². The van der Waals surface area contributed by atoms with Gasteiger partial charge in [0.25, 0.3) is 0 Å². The first kappa shape index (κ1) is 10.4. The summed E-state index contributed by atoms with van der Waals surface area (Å²) in [7, 11) is 0. The molecule has 7 nitrogen and oxygen atoms in total. The summed E-state index contributed by atoms with van der Waals surface area (Å²) in [5, 5.41) is 9.04. The monoisotopic (exact) mass is 235 g/mol. The van der Waals surface area contributed by atoms with Gasteiger partial charge >= 0.3 is 0 Å². The number of aliphatic hydroxyl groups is 1. The summed E-state index contributed by atoms with van der Waals surface area (Å²) in [4.78, 5) is 12.3. The second-order valence-corrected chi connectivity index (χ2v) is 4.11. The number of imidazole rings is 1. The first-order valence-corrected chi connectivity index (χ1v) is 5.45. The second-order valence-electron chi connectivity index (χ2n) is 4.11. The molecule has 1 saturated heterocycles. The molecule has 3 heterocycles. The average molecular weight is 235 g/mol. The molecule has 90 valence electrons. The van der Waals surface area contributed by atoms with Crippen LogP contribution in [0.15, 0.2) is 12.7 Å². The van der Waals surface area contributed by atoms with Crippen molar-refractivity contribution >= 4 is 17.0 Å². The standard InChI is InChI=1S/C10H13N5O2/c11-9-8-10(13-4-12-9)15(5-14-8)6-1-7(2-16)17-3-6/h4-7,16H,1-3H2,(H2,11,12,13)/t6-,7-/m1/s1. The summed E-state index contributed by atoms with van der Waals surface area (Å²) >= 11 is 0. The van der Waals surface area contributed by atoms with Gasteiger partial charge in [-0.25, -0.2) is 15.0 Å². The van der Waals surface area contributed by atoms with E-state index in [1.165, 1.54) is 6.33 Å². The Labute approximate surface area is 97.3 Å². The molecule has 0 amide bonds. The first-order valence-electron chi connectivity index (χ1n) is 5.45. The van der Waals surface area contributed by atoms with E-state index >= 15 is 0 Å². The molecule has 2 aromatic rings. The van der Waals surface area contributed by atoms with E-state index < -0.39 is 0 Å². The molecule has 0 radical (unpaired) electrons. The van der Waals surface area contributed by atoms with E-state index in [9.17, 15) is 0 Å². The van der Waals surface area contributed by atoms with Crippen LogP contribution >= 0.6 is 0 Å². The molecular formula is C10H13N5O2. The molecule has 3 N–H and O–H groups in total. The van der Waals surface area contributed by atoms with Crippen LogP contribution in [0.5, 0.6) is 0 Å². The quantitative estimate of drug-likeness (QED) is 0.743. The van der Waals surface area contributed by atoms with Crippen molar-refractivity contribution < 1.29 is 9.84 Å². The minimum absolute atomic E-state index is 0.0419. The summed E-state index contributed by atoms with van der Waals surface area (Å²) in [6, 6.07) is 0.145. The zero-order valence-electron chi connectivity index (χ0n) is 9.15. The Morgan fingerprint density at radius 1 is 1.47 bits per heavy atom. The number of fused-ring (bicyclic) bond motifs is 1. The summed E-state index contributed by atoms with van der Waals surface area (Å²) in [5.41, 5.74) is 7.05. The van der Waals surface area contributed by atoms with Gasteiger partial charge in [-0.3, -0.25) is 0 Å². The number of ether oxygens (including phenoxy) is 1. The zero-order chi connectivity index (χ0) is 11.8. The van der Waals surface area contributed by atoms with Crippen LogP contribution in [0.25, 0.3) is 11.2 Å². The van der Waals surface area contributed by atoms with Crippen LogP contribution in [-0.2, 0) is 4.74 Å². The van der Waals surface area contributed by atoms with E-state index in [1.807, 2.05) is 4.57 Å². The Hall–Kier alpha value is -1.73. The van der Waals surface area contributed by atoms with Crippen LogP contribution in [-0.4, -0.2) is 43.9 Å². The molecule has 2 atom stereocenters. The van der Waals surface area contributed by atoms with Gasteiger partial charge in [0.15, 0.2) is 11.5 Å². The predicted octanol–water partition coefficient (Wildman–Crippen LogP) is -0.269. The number of hydrogen-bond acceptors (Lipinski definition) is 6. The van der Waals surface area contributed by atoms with Crippen molar-refractivity contribution in [3.05, 3.63) is 12.7 Å². The normalized spacial score (nSPS) is 24.5. The number of nitrogens with two attached hydrogens (primary N) is 1. The minimum Gasteiger partial charge on any atom is -0.394 e. The lowest BCUT2D eigenvalue weighted by atomic mass is 10.2. The van der Waals surface area contributed by atoms with Crippen molar-refractivity contribution in [2.24, 2.45) is 0 Å². The van der Waals surface area contributed by atoms with E-state index in [2.05, 4.69) is 15.0 Å². The molecule has 0 unspecified atom stereocenters. The van der Waals surface area contributed by atoms with Gasteiger partial charge in [-0.15, -0.1) is 0 Å². The molecular weight excluding hydrogens is 222 g/mol. The lowest BCUT2D eigenvalue weighted by Gasteiger charge is -2.10. The summed E-state index contributed by atoms with van der Waals surface area (Å²) < 4.78 is 7.38. The Kier molecular flexibility index (Phi) is 2.41. The predicted molar refractivity (Wildman–Crippen MR) is 60.2 cm³/mol. The van der Waals surface area contributed by atoms with Crippen molar-refractivity contribution in [2.45, 2.75) is 18.6 Å². The van der Waals surface area contributed by atoms with Crippen LogP contribution in [0.2, 0.25) is 0 Å². The van der Waals surface area contributed by atoms with E-state index in [-0.39, 0.29) is 18.8 Å². The van der Waals surface area contributed by atoms with Gasteiger partial charge in [-0.05, 0) is 6.42 Å². The fourth-order valence-corrected chi connectivity index (χ4v) is 2.15. The number of hydrogen-bond donors (Lipinski definition) is 2. The van der Waals surface area contributed by atoms with Gasteiger partial charge in [0, 0.05) is 0 Å². The number of aliphatic hydroxyl groups excluding tert-OH is 1. The SMILES string of the molecule is Nc1ncnc2c1ncn2[C@H]1CO[C@@H](CO)C1. The van der Waals surface area contributed by atoms with Gasteiger partial charge in [0.05, 0.1) is 31.7 Å². The lowest BCUT2D eigenvalue weighted by molar-refractivity contribution is 0.0576. The third-order valence-electron chi connectivity index (χ3n) is 3.04. The van der Waals surface area contributed by atoms with Crippen LogP contribution in [0.4, 0.5) is 5.82 Å². The van der Waals surface area contributed by atoms with Crippen LogP contribution in [0.3, 0.4) is 0 Å². The Morgan fingerprint density at radius 2 is 2.35 bits per heavy atom. The maximum Gasteiger partial charge on any atom is 0.165 e. The Bertz CT molecular complexity index is 540. The Morgan fingerprint density at radius 3 is 3.12 bits per heavy atom. The highest BCUT2D eigenvalue weighted by atomic mass is 16.5. The Balaban J connectivity index is 1.99. The highest BCUT2D eigenvalue weighted by Crippen LogP contribution is 2.27. The fourth-order valence-electron chi connectivity index (χ4n) is 2.15. The van der Waals surface area contributed by atoms with Gasteiger partial charge < -0.3 is 20.1 Å². The summed E-state index contributed by atoms with van der Waals surface area (Å²) in [6.07, 6.45) is 3.78. The largest absolute Gasteiger partial charge is 0.394 e. The smallest absolute Gasteiger partial charge is 0.165 e.